The highest BCUT2D eigenvalue weighted by molar-refractivity contribution is 7.25. The Labute approximate surface area is 474 Å². The molecule has 10 heteroatoms. The van der Waals surface area contributed by atoms with Crippen LogP contribution in [0.15, 0.2) is 153 Å². The predicted molar refractivity (Wildman–Crippen MR) is 331 cm³/mol. The number of fused-ring (bicyclic) bond motifs is 2. The van der Waals surface area contributed by atoms with Gasteiger partial charge < -0.3 is 10.0 Å². The summed E-state index contributed by atoms with van der Waals surface area (Å²) in [4.78, 5) is 27.5. The molecule has 76 heavy (non-hydrogen) atoms. The maximum atomic E-state index is 14.8. The third kappa shape index (κ3) is 10.1. The fraction of sp³-hybridized carbons (Fsp3) is 0.333. The third-order valence-electron chi connectivity index (χ3n) is 15.9. The van der Waals surface area contributed by atoms with Crippen molar-refractivity contribution in [3.63, 3.8) is 0 Å². The van der Waals surface area contributed by atoms with E-state index in [0.717, 1.165) is 50.2 Å². The normalized spacial score (nSPS) is 16.7. The highest BCUT2D eigenvalue weighted by Crippen LogP contribution is 2.53. The van der Waals surface area contributed by atoms with Gasteiger partial charge in [-0.2, -0.15) is 4.58 Å². The standard InChI is InChI=1S/C66H68N2O2S6/c1-7-9-11-13-15-17-31-67-51-29-27-43(57-39-45(53-23-19-33-71-53)63(75-57)55-25-21-35-73-55)37-49(51)65(3,4)59(67)41-47-61(69)48(62(47)70)42-60-66(5,6)50-38-44(28-30-52(50)68(60)32-18-16-14-12-10-8-2)58-40-46(54-24-20-34-72-54)64(76-58)56-26-22-36-74-56/h19-30,33-42H,7-18,31-32H2,1-6H3. The molecule has 8 heterocycles. The summed E-state index contributed by atoms with van der Waals surface area (Å²) < 4.78 is 2.43. The van der Waals surface area contributed by atoms with E-state index in [0.29, 0.717) is 11.1 Å². The zero-order valence-corrected chi connectivity index (χ0v) is 49.7. The molecule has 0 bridgehead atoms. The van der Waals surface area contributed by atoms with Crippen LogP contribution in [0.4, 0.5) is 11.4 Å². The number of allylic oxidation sites excluding steroid dienone is 5. The molecule has 0 saturated carbocycles. The molecule has 1 aliphatic carbocycles. The van der Waals surface area contributed by atoms with Gasteiger partial charge in [-0.3, -0.25) is 4.79 Å². The Balaban J connectivity index is 0.939. The van der Waals surface area contributed by atoms with E-state index in [9.17, 15) is 9.90 Å². The molecular weight excluding hydrogens is 1050 g/mol. The molecule has 2 aliphatic heterocycles. The summed E-state index contributed by atoms with van der Waals surface area (Å²) in [5, 5.41) is 23.4. The molecular formula is C66H68N2O2S6. The quantitative estimate of drug-likeness (QED) is 0.0386. The van der Waals surface area contributed by atoms with E-state index in [2.05, 4.69) is 170 Å². The second-order valence-electron chi connectivity index (χ2n) is 21.7. The van der Waals surface area contributed by atoms with Crippen LogP contribution in [0.3, 0.4) is 0 Å². The van der Waals surface area contributed by atoms with Crippen molar-refractivity contribution in [3.05, 3.63) is 164 Å². The number of Topliss-reactive ketones (excluding diaryl/α,β-unsaturated/α-hetero) is 1. The van der Waals surface area contributed by atoms with Gasteiger partial charge in [0.1, 0.15) is 6.54 Å². The molecule has 0 atom stereocenters. The van der Waals surface area contributed by atoms with Crippen LogP contribution >= 0.6 is 68.0 Å². The minimum Gasteiger partial charge on any atom is -0.871 e. The molecule has 0 radical (unpaired) electrons. The van der Waals surface area contributed by atoms with E-state index in [1.165, 1.54) is 135 Å². The lowest BCUT2D eigenvalue weighted by molar-refractivity contribution is -0.438. The van der Waals surface area contributed by atoms with Crippen LogP contribution in [0, 0.1) is 0 Å². The summed E-state index contributed by atoms with van der Waals surface area (Å²) in [7, 11) is 0. The van der Waals surface area contributed by atoms with Gasteiger partial charge in [-0.1, -0.05) is 122 Å². The van der Waals surface area contributed by atoms with Gasteiger partial charge in [0.2, 0.25) is 5.69 Å². The first-order chi connectivity index (χ1) is 37.0. The van der Waals surface area contributed by atoms with Crippen molar-refractivity contribution in [2.45, 2.75) is 129 Å². The average Bonchev–Trinajstić information content (AvgIpc) is 4.34. The maximum Gasteiger partial charge on any atom is 0.209 e. The highest BCUT2D eigenvalue weighted by atomic mass is 32.1. The molecule has 2 aromatic carbocycles. The van der Waals surface area contributed by atoms with Crippen LogP contribution in [0.25, 0.3) is 61.3 Å². The summed E-state index contributed by atoms with van der Waals surface area (Å²) in [6.07, 6.45) is 18.3. The number of rotatable bonds is 22. The lowest BCUT2D eigenvalue weighted by Gasteiger charge is -2.33. The summed E-state index contributed by atoms with van der Waals surface area (Å²) in [5.41, 5.74) is 11.6. The number of anilines is 1. The fourth-order valence-corrected chi connectivity index (χ4v) is 17.3. The predicted octanol–water partition coefficient (Wildman–Crippen LogP) is 20.0. The zero-order chi connectivity index (χ0) is 52.6. The van der Waals surface area contributed by atoms with Crippen molar-refractivity contribution >= 4 is 90.9 Å². The summed E-state index contributed by atoms with van der Waals surface area (Å²) in [6.45, 7) is 15.3. The number of unbranched alkanes of at least 4 members (excludes halogenated alkanes) is 10. The molecule has 0 amide bonds. The van der Waals surface area contributed by atoms with Crippen LogP contribution in [0.2, 0.25) is 0 Å². The van der Waals surface area contributed by atoms with Gasteiger partial charge in [0.25, 0.3) is 0 Å². The lowest BCUT2D eigenvalue weighted by Crippen LogP contribution is -2.35. The Hall–Kier alpha value is -5.20. The number of hydrogen-bond acceptors (Lipinski definition) is 9. The number of thiophene rings is 6. The van der Waals surface area contributed by atoms with E-state index in [1.807, 2.05) is 34.8 Å². The first kappa shape index (κ1) is 52.8. The van der Waals surface area contributed by atoms with E-state index in [4.69, 9.17) is 0 Å². The van der Waals surface area contributed by atoms with Crippen molar-refractivity contribution in [3.8, 4) is 61.3 Å². The van der Waals surface area contributed by atoms with Crippen molar-refractivity contribution < 1.29 is 14.5 Å². The zero-order valence-electron chi connectivity index (χ0n) is 44.8. The van der Waals surface area contributed by atoms with E-state index in [1.54, 1.807) is 45.3 Å². The minimum atomic E-state index is -0.446. The number of carbonyl (C=O) groups excluding carboxylic acids is 1. The molecule has 4 nitrogen and oxygen atoms in total. The Morgan fingerprint density at radius 1 is 0.553 bits per heavy atom. The van der Waals surface area contributed by atoms with Gasteiger partial charge in [0.15, 0.2) is 11.5 Å². The molecule has 0 saturated heterocycles. The molecule has 0 unspecified atom stereocenters. The molecule has 8 aromatic rings. The van der Waals surface area contributed by atoms with Crippen LogP contribution in [0.5, 0.6) is 0 Å². The second kappa shape index (κ2) is 22.6. The number of benzene rings is 2. The maximum absolute atomic E-state index is 14.8. The van der Waals surface area contributed by atoms with E-state index in [-0.39, 0.29) is 11.5 Å². The number of hydrogen-bond donors (Lipinski definition) is 0. The monoisotopic (exact) mass is 1110 g/mol. The number of nitrogens with zero attached hydrogens (tertiary/aromatic N) is 2. The highest BCUT2D eigenvalue weighted by Gasteiger charge is 2.47. The Bertz CT molecular complexity index is 3370. The average molecular weight is 1110 g/mol. The summed E-state index contributed by atoms with van der Waals surface area (Å²) in [5.74, 6) is -0.295. The first-order valence-electron chi connectivity index (χ1n) is 27.5. The fourth-order valence-electron chi connectivity index (χ4n) is 11.6. The van der Waals surface area contributed by atoms with Crippen molar-refractivity contribution in [2.24, 2.45) is 0 Å². The van der Waals surface area contributed by atoms with Gasteiger partial charge in [-0.05, 0) is 132 Å². The molecule has 3 aliphatic rings. The lowest BCUT2D eigenvalue weighted by atomic mass is 9.77. The van der Waals surface area contributed by atoms with Gasteiger partial charge in [0.05, 0.1) is 15.2 Å². The Morgan fingerprint density at radius 3 is 1.61 bits per heavy atom. The molecule has 11 rings (SSSR count). The Morgan fingerprint density at radius 2 is 1.07 bits per heavy atom. The van der Waals surface area contributed by atoms with Crippen LogP contribution in [-0.4, -0.2) is 29.2 Å². The second-order valence-corrected chi connectivity index (χ2v) is 27.6. The minimum absolute atomic E-state index is 0.148. The SMILES string of the molecule is CCCCCCCCN1/C(=C/C2=C([O-])C(=C\C3=[N+](CCCCCCCC)c4ccc(-c5cc(-c6cccs6)c(-c6cccs6)s5)cc4C3(C)C)/C2=O)C(C)(C)c2cc(-c3cc(-c4cccs4)c(-c4cccs4)s3)ccc21. The van der Waals surface area contributed by atoms with Gasteiger partial charge >= 0.3 is 0 Å². The summed E-state index contributed by atoms with van der Waals surface area (Å²) >= 11 is 10.9. The molecule has 6 aromatic heterocycles. The smallest absolute Gasteiger partial charge is 0.209 e. The topological polar surface area (TPSA) is 46.4 Å². The molecule has 0 spiro atoms. The van der Waals surface area contributed by atoms with Gasteiger partial charge in [-0.25, -0.2) is 0 Å². The van der Waals surface area contributed by atoms with E-state index >= 15 is 0 Å². The molecule has 390 valence electrons. The van der Waals surface area contributed by atoms with Crippen LogP contribution in [0.1, 0.15) is 130 Å². The van der Waals surface area contributed by atoms with Crippen molar-refractivity contribution in [2.75, 3.05) is 18.0 Å². The summed E-state index contributed by atoms with van der Waals surface area (Å²) in [6, 6.07) is 36.1. The van der Waals surface area contributed by atoms with Gasteiger partial charge in [-0.15, -0.1) is 68.0 Å². The third-order valence-corrected chi connectivity index (χ3v) is 22.2. The van der Waals surface area contributed by atoms with E-state index < -0.39 is 10.8 Å². The van der Waals surface area contributed by atoms with Crippen LogP contribution in [-0.2, 0) is 15.6 Å². The molecule has 0 N–H and O–H groups in total. The van der Waals surface area contributed by atoms with Crippen LogP contribution < -0.4 is 10.0 Å². The van der Waals surface area contributed by atoms with Crippen molar-refractivity contribution in [1.29, 1.82) is 0 Å². The molecule has 0 fully saturated rings. The number of ketones is 1. The number of carbonyl (C=O) groups is 1. The van der Waals surface area contributed by atoms with Crippen molar-refractivity contribution in [1.82, 2.24) is 0 Å². The first-order valence-corrected chi connectivity index (χ1v) is 32.7. The largest absolute Gasteiger partial charge is 0.871 e. The van der Waals surface area contributed by atoms with Gasteiger partial charge in [0, 0.05) is 99.0 Å². The Kier molecular flexibility index (Phi) is 15.7.